The van der Waals surface area contributed by atoms with E-state index < -0.39 is 74.6 Å². The van der Waals surface area contributed by atoms with Crippen LogP contribution in [0.4, 0.5) is 0 Å². The monoisotopic (exact) mass is 360 g/mol. The fourth-order valence-corrected chi connectivity index (χ4v) is 1.75. The quantitative estimate of drug-likeness (QED) is 0.204. The van der Waals surface area contributed by atoms with Gasteiger partial charge in [-0.25, -0.2) is 0 Å². The molecular weight excluding hydrogens is 336 g/mol. The molecule has 1 fully saturated rings. The first kappa shape index (κ1) is 23.2. The van der Waals surface area contributed by atoms with E-state index in [4.69, 9.17) is 46.0 Å². The van der Waals surface area contributed by atoms with Crippen LogP contribution in [0.2, 0.25) is 0 Å². The molecule has 0 saturated carbocycles. The fourth-order valence-electron chi connectivity index (χ4n) is 1.75. The molecular formula is C12H24O12. The number of Topliss-reactive ketones (excluding diaryl/α,β-unsaturated/α-hetero) is 1. The molecule has 1 heterocycles. The number of carbonyl (C=O) groups excluding carboxylic acids is 1. The summed E-state index contributed by atoms with van der Waals surface area (Å²) in [5.74, 6) is -3.16. The van der Waals surface area contributed by atoms with Crippen molar-refractivity contribution in [2.24, 2.45) is 0 Å². The molecule has 1 saturated heterocycles. The standard InChI is InChI=1S/2C6H12O6/c7-1-3-4(9)5(10)6(11,2-8)12-3;7-1-3(9)5(11)6(12)4(10)2-8/h3-5,7-11H,1-2H2;3,5-9,11-12H,1-2H2/t3-,4+,5?,6+;/m1./s1. The number of ether oxygens (including phenoxy) is 1. The largest absolute Gasteiger partial charge is 0.394 e. The van der Waals surface area contributed by atoms with Crippen molar-refractivity contribution in [3.8, 4) is 0 Å². The van der Waals surface area contributed by atoms with E-state index in [-0.39, 0.29) is 0 Å². The Hall–Kier alpha value is -0.770. The van der Waals surface area contributed by atoms with Gasteiger partial charge in [0.15, 0.2) is 5.78 Å². The Labute approximate surface area is 136 Å². The Morgan fingerprint density at radius 1 is 1.08 bits per heavy atom. The van der Waals surface area contributed by atoms with Crippen LogP contribution in [0, 0.1) is 0 Å². The number of aliphatic hydroxyl groups is 10. The summed E-state index contributed by atoms with van der Waals surface area (Å²) in [7, 11) is 0. The molecule has 0 aromatic heterocycles. The molecule has 12 nitrogen and oxygen atoms in total. The Morgan fingerprint density at radius 3 is 1.92 bits per heavy atom. The van der Waals surface area contributed by atoms with E-state index in [1.54, 1.807) is 0 Å². The van der Waals surface area contributed by atoms with Gasteiger partial charge in [-0.05, 0) is 0 Å². The highest BCUT2D eigenvalue weighted by Gasteiger charge is 2.52. The lowest BCUT2D eigenvalue weighted by atomic mass is 10.1. The minimum Gasteiger partial charge on any atom is -0.394 e. The average Bonchev–Trinajstić information content (AvgIpc) is 2.83. The summed E-state index contributed by atoms with van der Waals surface area (Å²) in [5.41, 5.74) is 0. The summed E-state index contributed by atoms with van der Waals surface area (Å²) in [6, 6.07) is 0. The Kier molecular flexibility index (Phi) is 9.94. The summed E-state index contributed by atoms with van der Waals surface area (Å²) >= 11 is 0. The number of rotatable bonds is 7. The summed E-state index contributed by atoms with van der Waals surface area (Å²) < 4.78 is 4.63. The Bertz CT molecular complexity index is 379. The first-order valence-electron chi connectivity index (χ1n) is 6.86. The normalized spacial score (nSPS) is 33.3. The van der Waals surface area contributed by atoms with Crippen LogP contribution < -0.4 is 0 Å². The second-order valence-corrected chi connectivity index (χ2v) is 5.09. The van der Waals surface area contributed by atoms with Gasteiger partial charge in [0.25, 0.3) is 0 Å². The molecule has 0 amide bonds. The number of hydrogen-bond donors (Lipinski definition) is 10. The highest BCUT2D eigenvalue weighted by atomic mass is 16.7. The molecule has 24 heavy (non-hydrogen) atoms. The van der Waals surface area contributed by atoms with Crippen molar-refractivity contribution in [1.82, 2.24) is 0 Å². The van der Waals surface area contributed by atoms with Crippen LogP contribution in [0.25, 0.3) is 0 Å². The second-order valence-electron chi connectivity index (χ2n) is 5.09. The van der Waals surface area contributed by atoms with Crippen LogP contribution in [0.15, 0.2) is 0 Å². The van der Waals surface area contributed by atoms with Crippen molar-refractivity contribution in [2.75, 3.05) is 26.4 Å². The molecule has 10 N–H and O–H groups in total. The van der Waals surface area contributed by atoms with Gasteiger partial charge in [0.05, 0.1) is 19.8 Å². The van der Waals surface area contributed by atoms with E-state index in [0.717, 1.165) is 0 Å². The van der Waals surface area contributed by atoms with Crippen LogP contribution in [0.3, 0.4) is 0 Å². The van der Waals surface area contributed by atoms with Gasteiger partial charge in [-0.2, -0.15) is 0 Å². The Balaban J connectivity index is 0.000000441. The van der Waals surface area contributed by atoms with E-state index in [9.17, 15) is 9.90 Å². The van der Waals surface area contributed by atoms with E-state index in [1.165, 1.54) is 0 Å². The smallest absolute Gasteiger partial charge is 0.219 e. The van der Waals surface area contributed by atoms with E-state index in [2.05, 4.69) is 4.74 Å². The molecule has 1 rings (SSSR count). The van der Waals surface area contributed by atoms with Gasteiger partial charge in [-0.1, -0.05) is 0 Å². The third-order valence-electron chi connectivity index (χ3n) is 3.32. The van der Waals surface area contributed by atoms with Crippen LogP contribution in [0.1, 0.15) is 0 Å². The molecule has 0 bridgehead atoms. The molecule has 0 aromatic carbocycles. The minimum atomic E-state index is -2.16. The maximum Gasteiger partial charge on any atom is 0.219 e. The van der Waals surface area contributed by atoms with Gasteiger partial charge in [0.2, 0.25) is 5.79 Å². The van der Waals surface area contributed by atoms with Crippen molar-refractivity contribution in [1.29, 1.82) is 0 Å². The van der Waals surface area contributed by atoms with E-state index in [1.807, 2.05) is 0 Å². The zero-order valence-electron chi connectivity index (χ0n) is 12.6. The van der Waals surface area contributed by atoms with E-state index in [0.29, 0.717) is 0 Å². The maximum absolute atomic E-state index is 10.5. The van der Waals surface area contributed by atoms with Crippen molar-refractivity contribution in [3.05, 3.63) is 0 Å². The highest BCUT2D eigenvalue weighted by molar-refractivity contribution is 5.84. The minimum absolute atomic E-state index is 0.527. The molecule has 0 radical (unpaired) electrons. The van der Waals surface area contributed by atoms with Gasteiger partial charge < -0.3 is 55.8 Å². The van der Waals surface area contributed by atoms with Gasteiger partial charge in [-0.3, -0.25) is 4.79 Å². The third kappa shape index (κ3) is 5.65. The van der Waals surface area contributed by atoms with Crippen LogP contribution >= 0.6 is 0 Å². The second kappa shape index (κ2) is 10.3. The van der Waals surface area contributed by atoms with Crippen molar-refractivity contribution < 1.29 is 60.6 Å². The molecule has 1 aliphatic rings. The molecule has 0 aliphatic carbocycles. The summed E-state index contributed by atoms with van der Waals surface area (Å²) in [6.07, 6.45) is -9.26. The van der Waals surface area contributed by atoms with Crippen molar-refractivity contribution >= 4 is 5.78 Å². The number of aliphatic hydroxyl groups excluding tert-OH is 9. The maximum atomic E-state index is 10.5. The van der Waals surface area contributed by atoms with E-state index >= 15 is 0 Å². The van der Waals surface area contributed by atoms with Crippen molar-refractivity contribution in [3.63, 3.8) is 0 Å². The average molecular weight is 360 g/mol. The topological polar surface area (TPSA) is 229 Å². The zero-order valence-corrected chi connectivity index (χ0v) is 12.6. The molecule has 4 unspecified atom stereocenters. The van der Waals surface area contributed by atoms with Crippen LogP contribution in [-0.2, 0) is 9.53 Å². The lowest BCUT2D eigenvalue weighted by Gasteiger charge is -2.22. The summed E-state index contributed by atoms with van der Waals surface area (Å²) in [6.45, 7) is -3.05. The van der Waals surface area contributed by atoms with Gasteiger partial charge in [-0.15, -0.1) is 0 Å². The Morgan fingerprint density at radius 2 is 1.62 bits per heavy atom. The third-order valence-corrected chi connectivity index (χ3v) is 3.32. The van der Waals surface area contributed by atoms with Crippen molar-refractivity contribution in [2.45, 2.75) is 42.4 Å². The highest BCUT2D eigenvalue weighted by Crippen LogP contribution is 2.28. The predicted octanol–water partition coefficient (Wildman–Crippen LogP) is -6.60. The summed E-state index contributed by atoms with van der Waals surface area (Å²) in [4.78, 5) is 10.5. The van der Waals surface area contributed by atoms with Gasteiger partial charge in [0, 0.05) is 0 Å². The number of hydrogen-bond acceptors (Lipinski definition) is 12. The van der Waals surface area contributed by atoms with Crippen LogP contribution in [-0.4, -0.2) is 126 Å². The van der Waals surface area contributed by atoms with Gasteiger partial charge >= 0.3 is 0 Å². The lowest BCUT2D eigenvalue weighted by Crippen LogP contribution is -2.46. The molecule has 144 valence electrons. The predicted molar refractivity (Wildman–Crippen MR) is 73.2 cm³/mol. The molecule has 0 spiro atoms. The molecule has 7 atom stereocenters. The lowest BCUT2D eigenvalue weighted by molar-refractivity contribution is -0.248. The zero-order chi connectivity index (χ0) is 19.1. The number of ketones is 1. The summed E-state index contributed by atoms with van der Waals surface area (Å²) in [5, 5.41) is 87.7. The molecule has 0 aromatic rings. The molecule has 12 heteroatoms. The fraction of sp³-hybridized carbons (Fsp3) is 0.917. The first-order chi connectivity index (χ1) is 11.1. The molecule has 1 aliphatic heterocycles. The van der Waals surface area contributed by atoms with Crippen LogP contribution in [0.5, 0.6) is 0 Å². The first-order valence-corrected chi connectivity index (χ1v) is 6.86. The van der Waals surface area contributed by atoms with Gasteiger partial charge in [0.1, 0.15) is 43.2 Å². The SMILES string of the molecule is O=C(CO)C(O)C(O)C(O)CO.OC[C@H]1O[C@@](O)(CO)C(O)[C@H]1O. The number of carbonyl (C=O) groups is 1.